The molecule has 0 aliphatic carbocycles. The Labute approximate surface area is 167 Å². The van der Waals surface area contributed by atoms with Gasteiger partial charge < -0.3 is 11.1 Å². The van der Waals surface area contributed by atoms with Gasteiger partial charge in [0.2, 0.25) is 5.91 Å². The molecule has 0 bridgehead atoms. The summed E-state index contributed by atoms with van der Waals surface area (Å²) in [6.45, 7) is 0. The molecule has 3 rings (SSSR count). The van der Waals surface area contributed by atoms with Gasteiger partial charge in [0.05, 0.1) is 4.92 Å². The van der Waals surface area contributed by atoms with Crippen molar-refractivity contribution >= 4 is 17.5 Å². The van der Waals surface area contributed by atoms with Crippen molar-refractivity contribution in [3.63, 3.8) is 0 Å². The van der Waals surface area contributed by atoms with Crippen molar-refractivity contribution in [1.29, 1.82) is 0 Å². The highest BCUT2D eigenvalue weighted by Gasteiger charge is 2.20. The number of rotatable bonds is 7. The lowest BCUT2D eigenvalue weighted by Crippen LogP contribution is -2.45. The van der Waals surface area contributed by atoms with Crippen molar-refractivity contribution in [2.45, 2.75) is 12.5 Å². The van der Waals surface area contributed by atoms with E-state index >= 15 is 0 Å². The summed E-state index contributed by atoms with van der Waals surface area (Å²) in [5, 5.41) is 13.4. The van der Waals surface area contributed by atoms with Crippen LogP contribution in [-0.4, -0.2) is 22.8 Å². The van der Waals surface area contributed by atoms with Gasteiger partial charge in [0.25, 0.3) is 11.6 Å². The van der Waals surface area contributed by atoms with Crippen LogP contribution < -0.4 is 11.1 Å². The molecule has 3 N–H and O–H groups in total. The normalized spacial score (nSPS) is 11.4. The van der Waals surface area contributed by atoms with Crippen LogP contribution in [0.3, 0.4) is 0 Å². The monoisotopic (exact) mass is 389 g/mol. The standard InChI is InChI=1S/C22H19N3O4/c23-21(26)20(14-15-6-12-19(13-7-15)25(28)29)24-22(27)18-10-8-17(9-11-18)16-4-2-1-3-5-16/h1-13,20H,14H2,(H2,23,26)(H,24,27)/t20-/m0/s1. The minimum absolute atomic E-state index is 0.0492. The lowest BCUT2D eigenvalue weighted by atomic mass is 10.0. The smallest absolute Gasteiger partial charge is 0.269 e. The van der Waals surface area contributed by atoms with Crippen molar-refractivity contribution in [1.82, 2.24) is 5.32 Å². The third-order valence-electron chi connectivity index (χ3n) is 4.49. The predicted octanol–water partition coefficient (Wildman–Crippen LogP) is 3.09. The number of carbonyl (C=O) groups is 2. The van der Waals surface area contributed by atoms with Crippen molar-refractivity contribution in [2.24, 2.45) is 5.73 Å². The number of amides is 2. The van der Waals surface area contributed by atoms with Gasteiger partial charge in [0.1, 0.15) is 6.04 Å². The summed E-state index contributed by atoms with van der Waals surface area (Å²) in [4.78, 5) is 34.5. The SMILES string of the molecule is NC(=O)[C@H](Cc1ccc([N+](=O)[O-])cc1)NC(=O)c1ccc(-c2ccccc2)cc1. The van der Waals surface area contributed by atoms with E-state index in [0.29, 0.717) is 11.1 Å². The Kier molecular flexibility index (Phi) is 5.99. The average Bonchev–Trinajstić information content (AvgIpc) is 2.74. The average molecular weight is 389 g/mol. The number of nitro benzene ring substituents is 1. The Hall–Kier alpha value is -4.00. The second-order valence-electron chi connectivity index (χ2n) is 6.50. The van der Waals surface area contributed by atoms with E-state index in [2.05, 4.69) is 5.32 Å². The molecule has 146 valence electrons. The largest absolute Gasteiger partial charge is 0.368 e. The molecular formula is C22H19N3O4. The van der Waals surface area contributed by atoms with Crippen LogP contribution in [0.2, 0.25) is 0 Å². The van der Waals surface area contributed by atoms with Crippen LogP contribution in [0.1, 0.15) is 15.9 Å². The predicted molar refractivity (Wildman–Crippen MR) is 109 cm³/mol. The van der Waals surface area contributed by atoms with E-state index in [9.17, 15) is 19.7 Å². The highest BCUT2D eigenvalue weighted by atomic mass is 16.6. The molecule has 0 fully saturated rings. The van der Waals surface area contributed by atoms with E-state index < -0.39 is 22.8 Å². The zero-order chi connectivity index (χ0) is 20.8. The zero-order valence-corrected chi connectivity index (χ0v) is 15.4. The van der Waals surface area contributed by atoms with Crippen LogP contribution >= 0.6 is 0 Å². The van der Waals surface area contributed by atoms with Crippen LogP contribution in [0.5, 0.6) is 0 Å². The number of nitrogens with one attached hydrogen (secondary N) is 1. The number of non-ortho nitro benzene ring substituents is 1. The molecule has 7 heteroatoms. The molecule has 0 aromatic heterocycles. The van der Waals surface area contributed by atoms with Gasteiger partial charge in [-0.25, -0.2) is 0 Å². The molecule has 7 nitrogen and oxygen atoms in total. The molecule has 0 unspecified atom stereocenters. The zero-order valence-electron chi connectivity index (χ0n) is 15.4. The Morgan fingerprint density at radius 3 is 2.03 bits per heavy atom. The minimum Gasteiger partial charge on any atom is -0.368 e. The summed E-state index contributed by atoms with van der Waals surface area (Å²) < 4.78 is 0. The molecule has 2 amide bonds. The van der Waals surface area contributed by atoms with Gasteiger partial charge in [0, 0.05) is 24.1 Å². The maximum absolute atomic E-state index is 12.5. The Balaban J connectivity index is 1.69. The topological polar surface area (TPSA) is 115 Å². The molecule has 29 heavy (non-hydrogen) atoms. The van der Waals surface area contributed by atoms with Gasteiger partial charge in [-0.15, -0.1) is 0 Å². The molecule has 0 spiro atoms. The summed E-state index contributed by atoms with van der Waals surface area (Å²) in [6, 6.07) is 21.6. The van der Waals surface area contributed by atoms with Crippen molar-refractivity contribution in [3.8, 4) is 11.1 Å². The van der Waals surface area contributed by atoms with Crippen LogP contribution in [0.4, 0.5) is 5.69 Å². The van der Waals surface area contributed by atoms with Gasteiger partial charge in [-0.1, -0.05) is 54.6 Å². The van der Waals surface area contributed by atoms with E-state index in [0.717, 1.165) is 11.1 Å². The second-order valence-corrected chi connectivity index (χ2v) is 6.50. The van der Waals surface area contributed by atoms with Crippen molar-refractivity contribution < 1.29 is 14.5 Å². The van der Waals surface area contributed by atoms with E-state index in [-0.39, 0.29) is 12.1 Å². The number of primary amides is 1. The van der Waals surface area contributed by atoms with E-state index in [1.165, 1.54) is 24.3 Å². The number of hydrogen-bond donors (Lipinski definition) is 2. The molecule has 0 radical (unpaired) electrons. The molecule has 0 saturated carbocycles. The highest BCUT2D eigenvalue weighted by molar-refractivity contribution is 5.97. The van der Waals surface area contributed by atoms with Crippen molar-refractivity contribution in [2.75, 3.05) is 0 Å². The Bertz CT molecular complexity index is 1020. The molecule has 0 aliphatic rings. The van der Waals surface area contributed by atoms with E-state index in [1.807, 2.05) is 42.5 Å². The molecule has 3 aromatic rings. The fourth-order valence-corrected chi connectivity index (χ4v) is 2.90. The van der Waals surface area contributed by atoms with Gasteiger partial charge in [-0.05, 0) is 28.8 Å². The van der Waals surface area contributed by atoms with Gasteiger partial charge in [0.15, 0.2) is 0 Å². The quantitative estimate of drug-likeness (QED) is 0.477. The van der Waals surface area contributed by atoms with Crippen molar-refractivity contribution in [3.05, 3.63) is 100 Å². The van der Waals surface area contributed by atoms with Gasteiger partial charge >= 0.3 is 0 Å². The van der Waals surface area contributed by atoms with E-state index in [1.54, 1.807) is 12.1 Å². The maximum Gasteiger partial charge on any atom is 0.269 e. The maximum atomic E-state index is 12.5. The van der Waals surface area contributed by atoms with Crippen LogP contribution in [0, 0.1) is 10.1 Å². The lowest BCUT2D eigenvalue weighted by molar-refractivity contribution is -0.384. The first-order valence-corrected chi connectivity index (χ1v) is 8.93. The number of nitrogens with zero attached hydrogens (tertiary/aromatic N) is 1. The first kappa shape index (κ1) is 19.8. The number of nitrogens with two attached hydrogens (primary N) is 1. The summed E-state index contributed by atoms with van der Waals surface area (Å²) in [5.41, 5.74) is 8.44. The fourth-order valence-electron chi connectivity index (χ4n) is 2.90. The first-order chi connectivity index (χ1) is 13.9. The van der Waals surface area contributed by atoms with Gasteiger partial charge in [-0.3, -0.25) is 19.7 Å². The third kappa shape index (κ3) is 5.04. The molecule has 0 saturated heterocycles. The number of benzene rings is 3. The van der Waals surface area contributed by atoms with Crippen LogP contribution in [0.15, 0.2) is 78.9 Å². The fraction of sp³-hybridized carbons (Fsp3) is 0.0909. The number of carbonyl (C=O) groups excluding carboxylic acids is 2. The van der Waals surface area contributed by atoms with E-state index in [4.69, 9.17) is 5.73 Å². The molecule has 3 aromatic carbocycles. The Morgan fingerprint density at radius 1 is 0.897 bits per heavy atom. The summed E-state index contributed by atoms with van der Waals surface area (Å²) >= 11 is 0. The summed E-state index contributed by atoms with van der Waals surface area (Å²) in [6.07, 6.45) is 0.140. The minimum atomic E-state index is -0.933. The lowest BCUT2D eigenvalue weighted by Gasteiger charge is -2.16. The molecule has 1 atom stereocenters. The third-order valence-corrected chi connectivity index (χ3v) is 4.49. The highest BCUT2D eigenvalue weighted by Crippen LogP contribution is 2.19. The van der Waals surface area contributed by atoms with Gasteiger partial charge in [-0.2, -0.15) is 0 Å². The molecular weight excluding hydrogens is 370 g/mol. The number of hydrogen-bond acceptors (Lipinski definition) is 4. The number of nitro groups is 1. The van der Waals surface area contributed by atoms with Crippen LogP contribution in [-0.2, 0) is 11.2 Å². The summed E-state index contributed by atoms with van der Waals surface area (Å²) in [7, 11) is 0. The summed E-state index contributed by atoms with van der Waals surface area (Å²) in [5.74, 6) is -1.10. The molecule has 0 heterocycles. The molecule has 0 aliphatic heterocycles. The Morgan fingerprint density at radius 2 is 1.48 bits per heavy atom. The first-order valence-electron chi connectivity index (χ1n) is 8.93. The van der Waals surface area contributed by atoms with Crippen LogP contribution in [0.25, 0.3) is 11.1 Å². The second kappa shape index (κ2) is 8.79.